The van der Waals surface area contributed by atoms with Gasteiger partial charge in [-0.25, -0.2) is 0 Å². The van der Waals surface area contributed by atoms with E-state index in [1.165, 1.54) is 6.07 Å². The topological polar surface area (TPSA) is 167 Å². The molecule has 1 saturated carbocycles. The second-order valence-electron chi connectivity index (χ2n) is 10.2. The highest BCUT2D eigenvalue weighted by Gasteiger charge is 2.58. The van der Waals surface area contributed by atoms with Crippen LogP contribution < -0.4 is 5.73 Å². The van der Waals surface area contributed by atoms with Gasteiger partial charge in [0.2, 0.25) is 5.78 Å². The molecule has 3 aliphatic carbocycles. The number of phenolic OH excluding ortho intramolecular Hbond substituents is 2. The van der Waals surface area contributed by atoms with Gasteiger partial charge in [-0.2, -0.15) is 0 Å². The average molecular weight is 465 g/mol. The summed E-state index contributed by atoms with van der Waals surface area (Å²) in [6.45, 7) is 1.46. The van der Waals surface area contributed by atoms with E-state index in [0.717, 1.165) is 31.6 Å². The maximum absolute atomic E-state index is 13.5. The number of ketones is 2. The third-order valence-electron chi connectivity index (χ3n) is 8.17. The molecule has 0 bridgehead atoms. The number of amides is 1. The van der Waals surface area contributed by atoms with E-state index < -0.39 is 46.1 Å². The summed E-state index contributed by atoms with van der Waals surface area (Å²) < 4.78 is 5.35. The van der Waals surface area contributed by atoms with Crippen LogP contribution in [0.1, 0.15) is 46.7 Å². The van der Waals surface area contributed by atoms with E-state index in [-0.39, 0.29) is 40.9 Å². The van der Waals surface area contributed by atoms with Crippen LogP contribution in [0, 0.1) is 11.3 Å². The van der Waals surface area contributed by atoms with E-state index in [4.69, 9.17) is 10.5 Å². The lowest BCUT2D eigenvalue weighted by molar-refractivity contribution is -0.164. The van der Waals surface area contributed by atoms with Crippen LogP contribution in [-0.4, -0.2) is 56.7 Å². The summed E-state index contributed by atoms with van der Waals surface area (Å²) in [6, 6.07) is 5.01. The molecule has 2 atom stereocenters. The Bertz CT molecular complexity index is 1360. The number of rotatable bonds is 2. The second-order valence-corrected chi connectivity index (χ2v) is 10.2. The lowest BCUT2D eigenvalue weighted by Gasteiger charge is -2.53. The molecule has 9 heteroatoms. The van der Waals surface area contributed by atoms with Crippen molar-refractivity contribution >= 4 is 28.2 Å². The Morgan fingerprint density at radius 1 is 1.09 bits per heavy atom. The smallest absolute Gasteiger partial charge is 0.255 e. The highest BCUT2D eigenvalue weighted by atomic mass is 16.5. The fraction of sp³-hybridized carbons (Fsp3) is 0.400. The fourth-order valence-corrected chi connectivity index (χ4v) is 6.37. The van der Waals surface area contributed by atoms with Crippen LogP contribution in [0.4, 0.5) is 0 Å². The summed E-state index contributed by atoms with van der Waals surface area (Å²) in [6.07, 6.45) is 1.49. The highest BCUT2D eigenvalue weighted by Crippen LogP contribution is 2.57. The predicted molar refractivity (Wildman–Crippen MR) is 117 cm³/mol. The quantitative estimate of drug-likeness (QED) is 0.416. The van der Waals surface area contributed by atoms with Gasteiger partial charge in [0, 0.05) is 17.8 Å². The molecular weight excluding hydrogens is 442 g/mol. The number of carbonyl (C=O) groups excluding carboxylic acids is 3. The van der Waals surface area contributed by atoms with E-state index in [9.17, 15) is 34.8 Å². The molecule has 0 radical (unpaired) electrons. The summed E-state index contributed by atoms with van der Waals surface area (Å²) in [5.41, 5.74) is 3.11. The van der Waals surface area contributed by atoms with Gasteiger partial charge in [-0.1, -0.05) is 6.07 Å². The van der Waals surface area contributed by atoms with Crippen molar-refractivity contribution in [2.45, 2.75) is 37.2 Å². The number of hydrogen-bond acceptors (Lipinski definition) is 8. The van der Waals surface area contributed by atoms with E-state index in [1.807, 2.05) is 6.07 Å². The van der Waals surface area contributed by atoms with Crippen molar-refractivity contribution in [3.05, 3.63) is 46.2 Å². The first-order valence-electron chi connectivity index (χ1n) is 11.2. The molecule has 9 nitrogen and oxygen atoms in total. The van der Waals surface area contributed by atoms with Crippen LogP contribution in [0.2, 0.25) is 0 Å². The minimum Gasteiger partial charge on any atom is -0.508 e. The molecule has 176 valence electrons. The van der Waals surface area contributed by atoms with Crippen LogP contribution in [-0.2, 0) is 20.7 Å². The number of nitrogens with two attached hydrogens (primary N) is 1. The number of benzene rings is 2. The zero-order valence-corrected chi connectivity index (χ0v) is 18.1. The van der Waals surface area contributed by atoms with E-state index >= 15 is 0 Å². The maximum atomic E-state index is 13.5. The summed E-state index contributed by atoms with van der Waals surface area (Å²) in [7, 11) is 0. The van der Waals surface area contributed by atoms with Crippen molar-refractivity contribution in [2.75, 3.05) is 13.2 Å². The number of phenols is 2. The Morgan fingerprint density at radius 3 is 2.41 bits per heavy atom. The number of aromatic hydroxyl groups is 2. The number of primary amides is 1. The van der Waals surface area contributed by atoms with Gasteiger partial charge in [0.25, 0.3) is 5.91 Å². The van der Waals surface area contributed by atoms with Crippen molar-refractivity contribution in [2.24, 2.45) is 17.1 Å². The van der Waals surface area contributed by atoms with E-state index in [2.05, 4.69) is 0 Å². The molecule has 1 amide bonds. The Labute approximate surface area is 193 Å². The normalized spacial score (nSPS) is 27.9. The van der Waals surface area contributed by atoms with Crippen molar-refractivity contribution in [1.29, 1.82) is 0 Å². The Morgan fingerprint density at radius 2 is 1.79 bits per heavy atom. The summed E-state index contributed by atoms with van der Waals surface area (Å²) in [4.78, 5) is 37.6. The van der Waals surface area contributed by atoms with Gasteiger partial charge in [0.15, 0.2) is 11.4 Å². The van der Waals surface area contributed by atoms with Crippen LogP contribution in [0.25, 0.3) is 10.8 Å². The third kappa shape index (κ3) is 2.48. The first-order valence-corrected chi connectivity index (χ1v) is 11.2. The fourth-order valence-electron chi connectivity index (χ4n) is 6.37. The van der Waals surface area contributed by atoms with Crippen LogP contribution in [0.3, 0.4) is 0 Å². The maximum Gasteiger partial charge on any atom is 0.255 e. The largest absolute Gasteiger partial charge is 0.508 e. The molecule has 1 saturated heterocycles. The third-order valence-corrected chi connectivity index (χ3v) is 8.17. The van der Waals surface area contributed by atoms with E-state index in [1.54, 1.807) is 6.07 Å². The number of carbonyl (C=O) groups is 3. The highest BCUT2D eigenvalue weighted by molar-refractivity contribution is 6.23. The van der Waals surface area contributed by atoms with Gasteiger partial charge in [0.1, 0.15) is 22.8 Å². The van der Waals surface area contributed by atoms with Gasteiger partial charge < -0.3 is 30.9 Å². The first-order chi connectivity index (χ1) is 16.1. The summed E-state index contributed by atoms with van der Waals surface area (Å²) in [5.74, 6) is -5.66. The van der Waals surface area contributed by atoms with Gasteiger partial charge in [0.05, 0.1) is 24.2 Å². The standard InChI is InChI=1S/C25H23NO8/c26-23(32)19-16(28)5-12-3-10-4-14-13(11-6-24(7-11)8-34-9-24)1-2-15(27)18(14)20(29)17(10)21(30)25(12,33)22(19)31/h1-2,4,11-12,27,29,31,33H,3,5-9H2,(H2,26,32)/t12-,25-/m0/s1. The molecule has 6 N–H and O–H groups in total. The van der Waals surface area contributed by atoms with Crippen LogP contribution in [0.15, 0.2) is 29.5 Å². The number of aliphatic hydroxyl groups excluding tert-OH is 1. The Hall–Kier alpha value is -3.43. The first kappa shape index (κ1) is 21.1. The van der Waals surface area contributed by atoms with Crippen molar-refractivity contribution in [1.82, 2.24) is 0 Å². The molecule has 0 unspecified atom stereocenters. The Kier molecular flexibility index (Phi) is 4.09. The Balaban J connectivity index is 1.52. The number of aliphatic hydroxyl groups is 2. The molecule has 4 aliphatic rings. The zero-order chi connectivity index (χ0) is 24.2. The molecule has 0 aromatic heterocycles. The average Bonchev–Trinajstić information content (AvgIpc) is 2.69. The van der Waals surface area contributed by atoms with Gasteiger partial charge in [-0.15, -0.1) is 0 Å². The summed E-state index contributed by atoms with van der Waals surface area (Å²) >= 11 is 0. The lowest BCUT2D eigenvalue weighted by atomic mass is 9.58. The molecule has 6 rings (SSSR count). The molecular formula is C25H23NO8. The second kappa shape index (κ2) is 6.58. The van der Waals surface area contributed by atoms with Gasteiger partial charge >= 0.3 is 0 Å². The molecule has 34 heavy (non-hydrogen) atoms. The number of fused-ring (bicyclic) bond motifs is 3. The van der Waals surface area contributed by atoms with Crippen molar-refractivity contribution < 1.29 is 39.5 Å². The van der Waals surface area contributed by atoms with Gasteiger partial charge in [-0.3, -0.25) is 14.4 Å². The minimum absolute atomic E-state index is 0.000452. The number of ether oxygens (including phenoxy) is 1. The van der Waals surface area contributed by atoms with Crippen LogP contribution in [0.5, 0.6) is 11.5 Å². The summed E-state index contributed by atoms with van der Waals surface area (Å²) in [5, 5.41) is 44.3. The predicted octanol–water partition coefficient (Wildman–Crippen LogP) is 1.50. The minimum atomic E-state index is -2.58. The molecule has 2 fully saturated rings. The van der Waals surface area contributed by atoms with Gasteiger partial charge in [-0.05, 0) is 53.8 Å². The molecule has 1 spiro atoms. The lowest BCUT2D eigenvalue weighted by Crippen LogP contribution is -2.56. The SMILES string of the molecule is NC(=O)C1=C(O)[C@@]2(O)C(=O)c3c(cc4c(C5CC6(COC6)C5)ccc(O)c4c3O)C[C@H]2CC1=O. The molecule has 2 aromatic rings. The van der Waals surface area contributed by atoms with Crippen LogP contribution >= 0.6 is 0 Å². The number of Topliss-reactive ketones (excluding diaryl/α,β-unsaturated/α-hetero) is 2. The van der Waals surface area contributed by atoms with Crippen molar-refractivity contribution in [3.63, 3.8) is 0 Å². The molecule has 1 heterocycles. The van der Waals surface area contributed by atoms with Crippen molar-refractivity contribution in [3.8, 4) is 11.5 Å². The number of hydrogen-bond donors (Lipinski definition) is 5. The molecule has 2 aromatic carbocycles. The monoisotopic (exact) mass is 465 g/mol. The zero-order valence-electron chi connectivity index (χ0n) is 18.1. The van der Waals surface area contributed by atoms with E-state index in [0.29, 0.717) is 10.9 Å². The molecule has 1 aliphatic heterocycles.